The normalized spacial score (nSPS) is 21.6. The highest BCUT2D eigenvalue weighted by molar-refractivity contribution is 4.82. The van der Waals surface area contributed by atoms with Crippen molar-refractivity contribution in [2.24, 2.45) is 11.7 Å². The Bertz CT molecular complexity index is 166. The molecule has 1 rings (SSSR count). The quantitative estimate of drug-likeness (QED) is 0.735. The average Bonchev–Trinajstić information content (AvgIpc) is 2.19. The van der Waals surface area contributed by atoms with E-state index in [2.05, 4.69) is 26.1 Å². The molecule has 0 aliphatic heterocycles. The lowest BCUT2D eigenvalue weighted by molar-refractivity contribution is 0.252. The van der Waals surface area contributed by atoms with Crippen LogP contribution in [0.4, 0.5) is 0 Å². The monoisotopic (exact) mass is 212 g/mol. The first-order chi connectivity index (χ1) is 7.03. The summed E-state index contributed by atoms with van der Waals surface area (Å²) in [6.07, 6.45) is 8.35. The fourth-order valence-corrected chi connectivity index (χ4v) is 2.58. The first-order valence-corrected chi connectivity index (χ1v) is 6.55. The predicted molar refractivity (Wildman–Crippen MR) is 66.9 cm³/mol. The molecule has 15 heavy (non-hydrogen) atoms. The zero-order valence-corrected chi connectivity index (χ0v) is 10.7. The van der Waals surface area contributed by atoms with Gasteiger partial charge < -0.3 is 11.1 Å². The third-order valence-electron chi connectivity index (χ3n) is 3.48. The molecular formula is C13H28N2. The minimum absolute atomic E-state index is 0.0813. The smallest absolute Gasteiger partial charge is 0.0223 e. The highest BCUT2D eigenvalue weighted by atomic mass is 15.0. The highest BCUT2D eigenvalue weighted by Gasteiger charge is 2.23. The maximum Gasteiger partial charge on any atom is 0.0223 e. The average molecular weight is 212 g/mol. The van der Waals surface area contributed by atoms with E-state index < -0.39 is 0 Å². The molecule has 1 fully saturated rings. The summed E-state index contributed by atoms with van der Waals surface area (Å²) in [6.45, 7) is 7.40. The second-order valence-electron chi connectivity index (χ2n) is 5.78. The van der Waals surface area contributed by atoms with Gasteiger partial charge in [0.2, 0.25) is 0 Å². The molecule has 0 amide bonds. The number of rotatable bonds is 5. The Balaban J connectivity index is 2.34. The molecule has 1 aliphatic rings. The molecular weight excluding hydrogens is 184 g/mol. The molecule has 0 aromatic heterocycles. The van der Waals surface area contributed by atoms with E-state index in [4.69, 9.17) is 5.73 Å². The molecule has 1 aliphatic carbocycles. The largest absolute Gasteiger partial charge is 0.324 e. The number of nitrogens with two attached hydrogens (primary N) is 1. The van der Waals surface area contributed by atoms with E-state index in [1.165, 1.54) is 38.5 Å². The zero-order chi connectivity index (χ0) is 11.3. The Hall–Kier alpha value is -0.0800. The minimum Gasteiger partial charge on any atom is -0.324 e. The minimum atomic E-state index is -0.0813. The van der Waals surface area contributed by atoms with Crippen molar-refractivity contribution < 1.29 is 0 Å². The molecule has 2 nitrogen and oxygen atoms in total. The standard InChI is InChI=1S/C13H28N2/c1-4-12(15-10-13(2,3)14)11-8-6-5-7-9-11/h11-12,15H,4-10,14H2,1-3H3. The fourth-order valence-electron chi connectivity index (χ4n) is 2.58. The Morgan fingerprint density at radius 1 is 1.27 bits per heavy atom. The summed E-state index contributed by atoms with van der Waals surface area (Å²) in [5.74, 6) is 0.895. The van der Waals surface area contributed by atoms with Crippen molar-refractivity contribution in [3.05, 3.63) is 0 Å². The van der Waals surface area contributed by atoms with Gasteiger partial charge in [-0.1, -0.05) is 26.2 Å². The van der Waals surface area contributed by atoms with Gasteiger partial charge in [0.25, 0.3) is 0 Å². The van der Waals surface area contributed by atoms with E-state index in [0.717, 1.165) is 12.5 Å². The summed E-state index contributed by atoms with van der Waals surface area (Å²) in [4.78, 5) is 0. The maximum absolute atomic E-state index is 6.01. The van der Waals surface area contributed by atoms with Gasteiger partial charge in [-0.2, -0.15) is 0 Å². The molecule has 0 heterocycles. The van der Waals surface area contributed by atoms with E-state index >= 15 is 0 Å². The molecule has 3 N–H and O–H groups in total. The summed E-state index contributed by atoms with van der Waals surface area (Å²) in [7, 11) is 0. The van der Waals surface area contributed by atoms with Crippen LogP contribution in [0.15, 0.2) is 0 Å². The molecule has 2 heteroatoms. The molecule has 0 saturated heterocycles. The van der Waals surface area contributed by atoms with Crippen LogP contribution in [0, 0.1) is 5.92 Å². The van der Waals surface area contributed by atoms with E-state index in [-0.39, 0.29) is 5.54 Å². The van der Waals surface area contributed by atoms with E-state index in [1.807, 2.05) is 0 Å². The lowest BCUT2D eigenvalue weighted by atomic mass is 9.82. The van der Waals surface area contributed by atoms with Crippen molar-refractivity contribution in [3.63, 3.8) is 0 Å². The number of hydrogen-bond acceptors (Lipinski definition) is 2. The SMILES string of the molecule is CCC(NCC(C)(C)N)C1CCCCC1. The maximum atomic E-state index is 6.01. The summed E-state index contributed by atoms with van der Waals surface area (Å²) in [6, 6.07) is 0.688. The van der Waals surface area contributed by atoms with Crippen molar-refractivity contribution in [1.82, 2.24) is 5.32 Å². The van der Waals surface area contributed by atoms with Crippen LogP contribution in [0.25, 0.3) is 0 Å². The Morgan fingerprint density at radius 3 is 2.33 bits per heavy atom. The Kier molecular flexibility index (Phi) is 5.07. The third kappa shape index (κ3) is 4.98. The first-order valence-electron chi connectivity index (χ1n) is 6.55. The lowest BCUT2D eigenvalue weighted by Gasteiger charge is -2.32. The van der Waals surface area contributed by atoms with Crippen molar-refractivity contribution in [1.29, 1.82) is 0 Å². The van der Waals surface area contributed by atoms with Gasteiger partial charge in [-0.3, -0.25) is 0 Å². The highest BCUT2D eigenvalue weighted by Crippen LogP contribution is 2.27. The van der Waals surface area contributed by atoms with Crippen molar-refractivity contribution in [2.75, 3.05) is 6.54 Å². The molecule has 0 bridgehead atoms. The molecule has 0 aromatic rings. The molecule has 1 atom stereocenters. The van der Waals surface area contributed by atoms with Crippen LogP contribution in [0.1, 0.15) is 59.3 Å². The Labute approximate surface area is 95.0 Å². The van der Waals surface area contributed by atoms with Crippen LogP contribution in [0.3, 0.4) is 0 Å². The Morgan fingerprint density at radius 2 is 1.87 bits per heavy atom. The van der Waals surface area contributed by atoms with Crippen LogP contribution in [0.5, 0.6) is 0 Å². The van der Waals surface area contributed by atoms with Gasteiger partial charge in [-0.25, -0.2) is 0 Å². The molecule has 1 saturated carbocycles. The van der Waals surface area contributed by atoms with Crippen molar-refractivity contribution >= 4 is 0 Å². The molecule has 1 unspecified atom stereocenters. The van der Waals surface area contributed by atoms with Gasteiger partial charge >= 0.3 is 0 Å². The molecule has 0 spiro atoms. The van der Waals surface area contributed by atoms with Crippen molar-refractivity contribution in [2.45, 2.75) is 70.9 Å². The van der Waals surface area contributed by atoms with E-state index in [9.17, 15) is 0 Å². The van der Waals surface area contributed by atoms with Gasteiger partial charge in [-0.15, -0.1) is 0 Å². The van der Waals surface area contributed by atoms with E-state index in [1.54, 1.807) is 0 Å². The topological polar surface area (TPSA) is 38.0 Å². The predicted octanol–water partition coefficient (Wildman–Crippen LogP) is 2.67. The fraction of sp³-hybridized carbons (Fsp3) is 1.00. The van der Waals surface area contributed by atoms with Crippen LogP contribution in [-0.2, 0) is 0 Å². The van der Waals surface area contributed by atoms with E-state index in [0.29, 0.717) is 6.04 Å². The number of nitrogens with one attached hydrogen (secondary N) is 1. The van der Waals surface area contributed by atoms with Crippen LogP contribution >= 0.6 is 0 Å². The molecule has 0 radical (unpaired) electrons. The van der Waals surface area contributed by atoms with Gasteiger partial charge in [0.1, 0.15) is 0 Å². The van der Waals surface area contributed by atoms with Crippen LogP contribution in [0.2, 0.25) is 0 Å². The summed E-state index contributed by atoms with van der Waals surface area (Å²) in [5.41, 5.74) is 5.92. The van der Waals surface area contributed by atoms with Gasteiger partial charge in [0, 0.05) is 18.1 Å². The van der Waals surface area contributed by atoms with Crippen LogP contribution < -0.4 is 11.1 Å². The molecule has 0 aromatic carbocycles. The zero-order valence-electron chi connectivity index (χ0n) is 10.7. The summed E-state index contributed by atoms with van der Waals surface area (Å²) in [5, 5.41) is 3.65. The second-order valence-corrected chi connectivity index (χ2v) is 5.78. The lowest BCUT2D eigenvalue weighted by Crippen LogP contribution is -2.48. The van der Waals surface area contributed by atoms with Crippen molar-refractivity contribution in [3.8, 4) is 0 Å². The first kappa shape index (κ1) is 13.0. The van der Waals surface area contributed by atoms with Crippen LogP contribution in [-0.4, -0.2) is 18.1 Å². The third-order valence-corrected chi connectivity index (χ3v) is 3.48. The molecule has 90 valence electrons. The van der Waals surface area contributed by atoms with Gasteiger partial charge in [-0.05, 0) is 39.0 Å². The number of hydrogen-bond donors (Lipinski definition) is 2. The summed E-state index contributed by atoms with van der Waals surface area (Å²) < 4.78 is 0. The second kappa shape index (κ2) is 5.86. The summed E-state index contributed by atoms with van der Waals surface area (Å²) >= 11 is 0. The van der Waals surface area contributed by atoms with Gasteiger partial charge in [0.15, 0.2) is 0 Å². The van der Waals surface area contributed by atoms with Gasteiger partial charge in [0.05, 0.1) is 0 Å².